The summed E-state index contributed by atoms with van der Waals surface area (Å²) in [6, 6.07) is 0. The number of aryl methyl sites for hydroxylation is 1. The highest BCUT2D eigenvalue weighted by Crippen LogP contribution is 2.27. The minimum absolute atomic E-state index is 0.189. The van der Waals surface area contributed by atoms with Crippen LogP contribution in [0.5, 0.6) is 0 Å². The lowest BCUT2D eigenvalue weighted by Gasteiger charge is -2.21. The van der Waals surface area contributed by atoms with Gasteiger partial charge in [0, 0.05) is 11.1 Å². The van der Waals surface area contributed by atoms with Crippen molar-refractivity contribution in [2.24, 2.45) is 0 Å². The standard InChI is InChI=1S/C11H17NO2S2/c1-7-6-15-10(12-7)16-8(2)9(13)14-11(3,4)5/h6,8H,1-5H3. The first-order valence-electron chi connectivity index (χ1n) is 5.09. The minimum Gasteiger partial charge on any atom is -0.459 e. The molecule has 1 aromatic heterocycles. The van der Waals surface area contributed by atoms with Gasteiger partial charge in [-0.15, -0.1) is 11.3 Å². The van der Waals surface area contributed by atoms with Gasteiger partial charge >= 0.3 is 5.97 Å². The number of carbonyl (C=O) groups excluding carboxylic acids is 1. The van der Waals surface area contributed by atoms with E-state index in [-0.39, 0.29) is 11.2 Å². The molecule has 0 saturated heterocycles. The topological polar surface area (TPSA) is 39.2 Å². The molecule has 1 rings (SSSR count). The number of thiazole rings is 1. The van der Waals surface area contributed by atoms with Crippen molar-refractivity contribution >= 4 is 29.1 Å². The summed E-state index contributed by atoms with van der Waals surface area (Å²) in [6.45, 7) is 9.40. The molecule has 0 amide bonds. The second-order valence-electron chi connectivity index (χ2n) is 4.55. The van der Waals surface area contributed by atoms with Gasteiger partial charge in [-0.05, 0) is 34.6 Å². The summed E-state index contributed by atoms with van der Waals surface area (Å²) >= 11 is 3.00. The predicted octanol–water partition coefficient (Wildman–Crippen LogP) is 3.27. The maximum Gasteiger partial charge on any atom is 0.319 e. The lowest BCUT2D eigenvalue weighted by molar-refractivity contribution is -0.153. The van der Waals surface area contributed by atoms with E-state index in [0.717, 1.165) is 10.0 Å². The summed E-state index contributed by atoms with van der Waals surface area (Å²) in [5.74, 6) is -0.189. The van der Waals surface area contributed by atoms with E-state index in [1.807, 2.05) is 40.0 Å². The third-order valence-corrected chi connectivity index (χ3v) is 3.78. The third kappa shape index (κ3) is 4.53. The predicted molar refractivity (Wildman–Crippen MR) is 68.0 cm³/mol. The van der Waals surface area contributed by atoms with Gasteiger partial charge in [-0.3, -0.25) is 4.79 Å². The van der Waals surface area contributed by atoms with E-state index in [0.29, 0.717) is 0 Å². The van der Waals surface area contributed by atoms with E-state index in [9.17, 15) is 4.79 Å². The third-order valence-electron chi connectivity index (χ3n) is 1.61. The van der Waals surface area contributed by atoms with Crippen LogP contribution >= 0.6 is 23.1 Å². The van der Waals surface area contributed by atoms with Gasteiger partial charge in [-0.1, -0.05) is 11.8 Å². The summed E-state index contributed by atoms with van der Waals surface area (Å²) in [7, 11) is 0. The molecule has 1 unspecified atom stereocenters. The molecule has 0 aliphatic carbocycles. The molecular formula is C11H17NO2S2. The van der Waals surface area contributed by atoms with Gasteiger partial charge in [0.05, 0.1) is 0 Å². The van der Waals surface area contributed by atoms with Crippen LogP contribution in [0.1, 0.15) is 33.4 Å². The summed E-state index contributed by atoms with van der Waals surface area (Å²) in [4.78, 5) is 16.0. The molecular weight excluding hydrogens is 242 g/mol. The normalized spacial score (nSPS) is 13.6. The molecule has 0 radical (unpaired) electrons. The average Bonchev–Trinajstić information content (AvgIpc) is 2.48. The Morgan fingerprint density at radius 1 is 1.56 bits per heavy atom. The molecule has 3 nitrogen and oxygen atoms in total. The number of nitrogens with zero attached hydrogens (tertiary/aromatic N) is 1. The molecule has 90 valence electrons. The van der Waals surface area contributed by atoms with Crippen LogP contribution in [-0.2, 0) is 9.53 Å². The van der Waals surface area contributed by atoms with Crippen molar-refractivity contribution in [1.29, 1.82) is 0 Å². The second kappa shape index (κ2) is 5.19. The van der Waals surface area contributed by atoms with E-state index >= 15 is 0 Å². The fraction of sp³-hybridized carbons (Fsp3) is 0.636. The van der Waals surface area contributed by atoms with E-state index in [1.165, 1.54) is 11.8 Å². The number of hydrogen-bond acceptors (Lipinski definition) is 5. The molecule has 1 atom stereocenters. The van der Waals surface area contributed by atoms with Gasteiger partial charge in [-0.25, -0.2) is 4.98 Å². The number of carbonyl (C=O) groups is 1. The molecule has 0 saturated carbocycles. The van der Waals surface area contributed by atoms with Crippen LogP contribution in [0.25, 0.3) is 0 Å². The van der Waals surface area contributed by atoms with Gasteiger partial charge in [0.25, 0.3) is 0 Å². The van der Waals surface area contributed by atoms with Crippen LogP contribution in [0.3, 0.4) is 0 Å². The van der Waals surface area contributed by atoms with Crippen LogP contribution in [0, 0.1) is 6.92 Å². The van der Waals surface area contributed by atoms with E-state index in [1.54, 1.807) is 11.3 Å². The summed E-state index contributed by atoms with van der Waals surface area (Å²) in [5.41, 5.74) is 0.564. The Hall–Kier alpha value is -0.550. The Morgan fingerprint density at radius 2 is 2.19 bits per heavy atom. The fourth-order valence-electron chi connectivity index (χ4n) is 0.971. The Balaban J connectivity index is 2.52. The summed E-state index contributed by atoms with van der Waals surface area (Å²) in [5, 5.41) is 1.76. The zero-order valence-corrected chi connectivity index (χ0v) is 11.9. The van der Waals surface area contributed by atoms with Crippen molar-refractivity contribution in [1.82, 2.24) is 4.98 Å². The monoisotopic (exact) mass is 259 g/mol. The van der Waals surface area contributed by atoms with Crippen molar-refractivity contribution < 1.29 is 9.53 Å². The van der Waals surface area contributed by atoms with Crippen molar-refractivity contribution in [3.05, 3.63) is 11.1 Å². The first-order chi connectivity index (χ1) is 7.28. The smallest absolute Gasteiger partial charge is 0.319 e. The second-order valence-corrected chi connectivity index (χ2v) is 6.99. The SMILES string of the molecule is Cc1csc(SC(C)C(=O)OC(C)(C)C)n1. The lowest BCUT2D eigenvalue weighted by atomic mass is 10.2. The number of esters is 1. The highest BCUT2D eigenvalue weighted by atomic mass is 32.2. The van der Waals surface area contributed by atoms with Gasteiger partial charge in [0.2, 0.25) is 0 Å². The lowest BCUT2D eigenvalue weighted by Crippen LogP contribution is -2.28. The number of thioether (sulfide) groups is 1. The molecule has 0 N–H and O–H groups in total. The van der Waals surface area contributed by atoms with Crippen molar-refractivity contribution in [2.75, 3.05) is 0 Å². The van der Waals surface area contributed by atoms with Crippen LogP contribution in [-0.4, -0.2) is 21.8 Å². The minimum atomic E-state index is -0.426. The zero-order valence-electron chi connectivity index (χ0n) is 10.2. The zero-order chi connectivity index (χ0) is 12.3. The molecule has 1 aromatic rings. The Bertz CT molecular complexity index is 368. The number of aromatic nitrogens is 1. The maximum atomic E-state index is 11.7. The molecule has 0 aliphatic heterocycles. The molecule has 0 fully saturated rings. The van der Waals surface area contributed by atoms with Gasteiger partial charge in [-0.2, -0.15) is 0 Å². The molecule has 0 aliphatic rings. The molecule has 1 heterocycles. The Labute approximate surface area is 105 Å². The maximum absolute atomic E-state index is 11.7. The number of ether oxygens (including phenoxy) is 1. The Kier molecular flexibility index (Phi) is 4.38. The van der Waals surface area contributed by atoms with Gasteiger partial charge in [0.15, 0.2) is 4.34 Å². The molecule has 0 spiro atoms. The first-order valence-corrected chi connectivity index (χ1v) is 6.85. The van der Waals surface area contributed by atoms with E-state index < -0.39 is 5.60 Å². The quantitative estimate of drug-likeness (QED) is 0.617. The average molecular weight is 259 g/mol. The van der Waals surface area contributed by atoms with Crippen molar-refractivity contribution in [3.63, 3.8) is 0 Å². The van der Waals surface area contributed by atoms with Gasteiger partial charge in [0.1, 0.15) is 10.9 Å². The van der Waals surface area contributed by atoms with E-state index in [2.05, 4.69) is 4.98 Å². The molecule has 0 bridgehead atoms. The Morgan fingerprint density at radius 3 is 2.62 bits per heavy atom. The number of hydrogen-bond donors (Lipinski definition) is 0. The molecule has 0 aromatic carbocycles. The summed E-state index contributed by atoms with van der Waals surface area (Å²) in [6.07, 6.45) is 0. The fourth-order valence-corrected chi connectivity index (χ4v) is 2.93. The highest BCUT2D eigenvalue weighted by molar-refractivity contribution is 8.02. The molecule has 16 heavy (non-hydrogen) atoms. The van der Waals surface area contributed by atoms with Crippen molar-refractivity contribution in [3.8, 4) is 0 Å². The van der Waals surface area contributed by atoms with Crippen LogP contribution in [0.4, 0.5) is 0 Å². The van der Waals surface area contributed by atoms with Crippen LogP contribution in [0.15, 0.2) is 9.72 Å². The number of rotatable bonds is 3. The largest absolute Gasteiger partial charge is 0.459 e. The summed E-state index contributed by atoms with van der Waals surface area (Å²) < 4.78 is 6.21. The van der Waals surface area contributed by atoms with Crippen LogP contribution < -0.4 is 0 Å². The molecule has 5 heteroatoms. The van der Waals surface area contributed by atoms with Gasteiger partial charge < -0.3 is 4.74 Å². The highest BCUT2D eigenvalue weighted by Gasteiger charge is 2.23. The van der Waals surface area contributed by atoms with E-state index in [4.69, 9.17) is 4.74 Å². The van der Waals surface area contributed by atoms with Crippen LogP contribution in [0.2, 0.25) is 0 Å². The van der Waals surface area contributed by atoms with Crippen molar-refractivity contribution in [2.45, 2.75) is 49.8 Å². The first kappa shape index (κ1) is 13.5.